The summed E-state index contributed by atoms with van der Waals surface area (Å²) in [5.74, 6) is 0.0229. The highest BCUT2D eigenvalue weighted by Gasteiger charge is 2.27. The number of carbonyl (C=O) groups excluding carboxylic acids is 1. The molecule has 92 valence electrons. The predicted octanol–water partition coefficient (Wildman–Crippen LogP) is 0.415. The Balaban J connectivity index is 1.88. The minimum absolute atomic E-state index is 0.0229. The third-order valence-corrected chi connectivity index (χ3v) is 2.99. The van der Waals surface area contributed by atoms with Crippen LogP contribution in [0.1, 0.15) is 5.56 Å². The topological polar surface area (TPSA) is 55.6 Å². The van der Waals surface area contributed by atoms with Gasteiger partial charge in [-0.05, 0) is 12.0 Å². The molecule has 1 saturated heterocycles. The molecule has 1 aromatic carbocycles. The normalized spacial score (nSPS) is 20.6. The third kappa shape index (κ3) is 3.05. The van der Waals surface area contributed by atoms with Crippen molar-refractivity contribution in [1.29, 1.82) is 0 Å². The molecule has 1 aromatic rings. The summed E-state index contributed by atoms with van der Waals surface area (Å²) in [5.41, 5.74) is 6.74. The highest BCUT2D eigenvalue weighted by atomic mass is 16.5. The van der Waals surface area contributed by atoms with Crippen LogP contribution in [0.5, 0.6) is 0 Å². The van der Waals surface area contributed by atoms with E-state index in [2.05, 4.69) is 12.1 Å². The zero-order valence-electron chi connectivity index (χ0n) is 9.84. The van der Waals surface area contributed by atoms with Gasteiger partial charge >= 0.3 is 0 Å². The fourth-order valence-corrected chi connectivity index (χ4v) is 1.99. The zero-order chi connectivity index (χ0) is 12.1. The molecule has 1 heterocycles. The number of hydrogen-bond acceptors (Lipinski definition) is 3. The van der Waals surface area contributed by atoms with Crippen LogP contribution in [0.3, 0.4) is 0 Å². The average Bonchev–Trinajstić information content (AvgIpc) is 2.39. The lowest BCUT2D eigenvalue weighted by Crippen LogP contribution is -2.51. The molecule has 4 heteroatoms. The van der Waals surface area contributed by atoms with Gasteiger partial charge in [-0.3, -0.25) is 4.79 Å². The minimum Gasteiger partial charge on any atom is -0.365 e. The summed E-state index contributed by atoms with van der Waals surface area (Å²) >= 11 is 0. The predicted molar refractivity (Wildman–Crippen MR) is 65.5 cm³/mol. The summed E-state index contributed by atoms with van der Waals surface area (Å²) in [4.78, 5) is 13.7. The first-order valence-corrected chi connectivity index (χ1v) is 5.95. The molecule has 4 nitrogen and oxygen atoms in total. The average molecular weight is 234 g/mol. The first kappa shape index (κ1) is 12.1. The summed E-state index contributed by atoms with van der Waals surface area (Å²) < 4.78 is 5.31. The molecule has 1 fully saturated rings. The lowest BCUT2D eigenvalue weighted by molar-refractivity contribution is -0.151. The quantitative estimate of drug-likeness (QED) is 0.821. The molecule has 1 aliphatic heterocycles. The molecule has 2 rings (SSSR count). The molecule has 17 heavy (non-hydrogen) atoms. The molecule has 1 unspecified atom stereocenters. The highest BCUT2D eigenvalue weighted by molar-refractivity contribution is 5.81. The number of carbonyl (C=O) groups is 1. The number of ether oxygens (including phenoxy) is 1. The second-order valence-corrected chi connectivity index (χ2v) is 4.16. The van der Waals surface area contributed by atoms with E-state index in [9.17, 15) is 4.79 Å². The Morgan fingerprint density at radius 2 is 2.12 bits per heavy atom. The Labute approximate surface area is 101 Å². The van der Waals surface area contributed by atoms with Gasteiger partial charge in [0.15, 0.2) is 0 Å². The summed E-state index contributed by atoms with van der Waals surface area (Å²) in [6.45, 7) is 2.26. The standard InChI is InChI=1S/C13H18N2O2/c14-10-12-13(16)15(8-9-17-12)7-6-11-4-2-1-3-5-11/h1-5,12H,6-10,14H2. The van der Waals surface area contributed by atoms with Crippen molar-refractivity contribution >= 4 is 5.91 Å². The van der Waals surface area contributed by atoms with E-state index in [-0.39, 0.29) is 12.5 Å². The van der Waals surface area contributed by atoms with Crippen LogP contribution in [0, 0.1) is 0 Å². The maximum Gasteiger partial charge on any atom is 0.253 e. The molecule has 1 aliphatic rings. The van der Waals surface area contributed by atoms with Crippen molar-refractivity contribution in [2.75, 3.05) is 26.2 Å². The van der Waals surface area contributed by atoms with Gasteiger partial charge < -0.3 is 15.4 Å². The Morgan fingerprint density at radius 1 is 1.35 bits per heavy atom. The van der Waals surface area contributed by atoms with Gasteiger partial charge in [-0.1, -0.05) is 30.3 Å². The first-order chi connectivity index (χ1) is 8.31. The maximum atomic E-state index is 11.9. The lowest BCUT2D eigenvalue weighted by atomic mass is 10.1. The summed E-state index contributed by atoms with van der Waals surface area (Å²) in [7, 11) is 0. The van der Waals surface area contributed by atoms with E-state index < -0.39 is 6.10 Å². The smallest absolute Gasteiger partial charge is 0.253 e. The van der Waals surface area contributed by atoms with Crippen molar-refractivity contribution in [3.63, 3.8) is 0 Å². The van der Waals surface area contributed by atoms with Gasteiger partial charge in [0, 0.05) is 19.6 Å². The van der Waals surface area contributed by atoms with Gasteiger partial charge in [0.25, 0.3) is 5.91 Å². The molecule has 0 spiro atoms. The van der Waals surface area contributed by atoms with Crippen LogP contribution < -0.4 is 5.73 Å². The van der Waals surface area contributed by atoms with Crippen LogP contribution in [-0.2, 0) is 16.0 Å². The summed E-state index contributed by atoms with van der Waals surface area (Å²) in [6.07, 6.45) is 0.434. The van der Waals surface area contributed by atoms with E-state index in [1.54, 1.807) is 0 Å². The molecule has 0 aromatic heterocycles. The summed E-state index contributed by atoms with van der Waals surface area (Å²) in [5, 5.41) is 0. The SMILES string of the molecule is NCC1OCCN(CCc2ccccc2)C1=O. The third-order valence-electron chi connectivity index (χ3n) is 2.99. The molecule has 1 atom stereocenters. The lowest BCUT2D eigenvalue weighted by Gasteiger charge is -2.31. The number of amides is 1. The van der Waals surface area contributed by atoms with Crippen molar-refractivity contribution < 1.29 is 9.53 Å². The van der Waals surface area contributed by atoms with Crippen LogP contribution in [0.2, 0.25) is 0 Å². The molecule has 0 radical (unpaired) electrons. The van der Waals surface area contributed by atoms with Crippen molar-refractivity contribution in [2.45, 2.75) is 12.5 Å². The van der Waals surface area contributed by atoms with Gasteiger partial charge in [0.2, 0.25) is 0 Å². The number of nitrogens with two attached hydrogens (primary N) is 1. The molecule has 1 amide bonds. The zero-order valence-corrected chi connectivity index (χ0v) is 9.84. The highest BCUT2D eigenvalue weighted by Crippen LogP contribution is 2.08. The fraction of sp³-hybridized carbons (Fsp3) is 0.462. The Bertz CT molecular complexity index is 367. The van der Waals surface area contributed by atoms with Crippen molar-refractivity contribution in [3.8, 4) is 0 Å². The largest absolute Gasteiger partial charge is 0.365 e. The van der Waals surface area contributed by atoms with Crippen molar-refractivity contribution in [1.82, 2.24) is 4.90 Å². The number of hydrogen-bond donors (Lipinski definition) is 1. The van der Waals surface area contributed by atoms with Crippen LogP contribution in [0.15, 0.2) is 30.3 Å². The van der Waals surface area contributed by atoms with E-state index in [4.69, 9.17) is 10.5 Å². The second kappa shape index (κ2) is 5.80. The van der Waals surface area contributed by atoms with Crippen molar-refractivity contribution in [2.24, 2.45) is 5.73 Å². The number of morpholine rings is 1. The van der Waals surface area contributed by atoms with E-state index in [0.717, 1.165) is 13.0 Å². The van der Waals surface area contributed by atoms with Gasteiger partial charge in [-0.15, -0.1) is 0 Å². The Kier molecular flexibility index (Phi) is 4.12. The van der Waals surface area contributed by atoms with E-state index in [1.165, 1.54) is 5.56 Å². The van der Waals surface area contributed by atoms with Gasteiger partial charge in [-0.25, -0.2) is 0 Å². The van der Waals surface area contributed by atoms with E-state index in [1.807, 2.05) is 23.1 Å². The fourth-order valence-electron chi connectivity index (χ4n) is 1.99. The number of benzene rings is 1. The van der Waals surface area contributed by atoms with Gasteiger partial charge in [-0.2, -0.15) is 0 Å². The maximum absolute atomic E-state index is 11.9. The van der Waals surface area contributed by atoms with Gasteiger partial charge in [0.1, 0.15) is 6.10 Å². The number of nitrogens with zero attached hydrogens (tertiary/aromatic N) is 1. The molecule has 0 saturated carbocycles. The molecular weight excluding hydrogens is 216 g/mol. The van der Waals surface area contributed by atoms with Gasteiger partial charge in [0.05, 0.1) is 6.61 Å². The van der Waals surface area contributed by atoms with Crippen molar-refractivity contribution in [3.05, 3.63) is 35.9 Å². The van der Waals surface area contributed by atoms with Crippen LogP contribution in [0.4, 0.5) is 0 Å². The molecule has 0 aliphatic carbocycles. The van der Waals surface area contributed by atoms with Crippen LogP contribution >= 0.6 is 0 Å². The monoisotopic (exact) mass is 234 g/mol. The number of rotatable bonds is 4. The Hall–Kier alpha value is -1.39. The van der Waals surface area contributed by atoms with E-state index >= 15 is 0 Å². The minimum atomic E-state index is -0.445. The Morgan fingerprint density at radius 3 is 2.82 bits per heavy atom. The van der Waals surface area contributed by atoms with E-state index in [0.29, 0.717) is 13.2 Å². The van der Waals surface area contributed by atoms with Crippen LogP contribution in [0.25, 0.3) is 0 Å². The second-order valence-electron chi connectivity index (χ2n) is 4.16. The molecule has 2 N–H and O–H groups in total. The van der Waals surface area contributed by atoms with Crippen LogP contribution in [-0.4, -0.2) is 43.2 Å². The molecule has 0 bridgehead atoms. The molecular formula is C13H18N2O2. The first-order valence-electron chi connectivity index (χ1n) is 5.95. The summed E-state index contributed by atoms with van der Waals surface area (Å²) in [6, 6.07) is 10.2.